The van der Waals surface area contributed by atoms with E-state index in [-0.39, 0.29) is 13.1 Å². The highest BCUT2D eigenvalue weighted by molar-refractivity contribution is 5.93. The molecule has 38 heavy (non-hydrogen) atoms. The van der Waals surface area contributed by atoms with E-state index < -0.39 is 48.2 Å². The summed E-state index contributed by atoms with van der Waals surface area (Å²) < 4.78 is 9.90. The lowest BCUT2D eigenvalue weighted by molar-refractivity contribution is -0.145. The van der Waals surface area contributed by atoms with Crippen LogP contribution in [0.3, 0.4) is 0 Å². The molecule has 10 nitrogen and oxygen atoms in total. The third-order valence-electron chi connectivity index (χ3n) is 5.86. The summed E-state index contributed by atoms with van der Waals surface area (Å²) >= 11 is 0. The Kier molecular flexibility index (Phi) is 14.4. The number of hydrogen-bond acceptors (Lipinski definition) is 7. The Labute approximate surface area is 226 Å². The van der Waals surface area contributed by atoms with E-state index in [9.17, 15) is 24.3 Å². The van der Waals surface area contributed by atoms with Crippen LogP contribution in [0, 0.1) is 0 Å². The Morgan fingerprint density at radius 3 is 2.16 bits per heavy atom. The molecule has 0 bridgehead atoms. The number of benzene rings is 1. The van der Waals surface area contributed by atoms with Gasteiger partial charge in [-0.05, 0) is 44.7 Å². The molecular weight excluding hydrogens is 490 g/mol. The molecule has 0 aliphatic rings. The molecule has 214 valence electrons. The smallest absolute Gasteiger partial charge is 0.408 e. The predicted octanol–water partition coefficient (Wildman–Crippen LogP) is 3.26. The number of nitrogens with zero attached hydrogens (tertiary/aromatic N) is 1. The first-order valence-corrected chi connectivity index (χ1v) is 13.3. The molecule has 0 aliphatic heterocycles. The SMILES string of the molecule is CCCCCCCN(C(=O)C(CO)NC(=O)OC(C)(C)C)C(C(=O)NCC(=O)OC)c1ccc(CC)cc1. The Hall–Kier alpha value is -3.14. The first kappa shape index (κ1) is 32.9. The molecule has 3 amide bonds. The number of aliphatic hydroxyl groups excluding tert-OH is 1. The molecule has 10 heteroatoms. The minimum Gasteiger partial charge on any atom is -0.468 e. The summed E-state index contributed by atoms with van der Waals surface area (Å²) in [6, 6.07) is 4.87. The number of carbonyl (C=O) groups excluding carboxylic acids is 4. The van der Waals surface area contributed by atoms with Crippen molar-refractivity contribution in [1.82, 2.24) is 15.5 Å². The fraction of sp³-hybridized carbons (Fsp3) is 0.643. The zero-order valence-corrected chi connectivity index (χ0v) is 23.7. The summed E-state index contributed by atoms with van der Waals surface area (Å²) in [6.07, 6.45) is 4.48. The largest absolute Gasteiger partial charge is 0.468 e. The fourth-order valence-electron chi connectivity index (χ4n) is 3.82. The van der Waals surface area contributed by atoms with Gasteiger partial charge in [0.2, 0.25) is 11.8 Å². The van der Waals surface area contributed by atoms with Gasteiger partial charge in [-0.2, -0.15) is 0 Å². The Morgan fingerprint density at radius 2 is 1.63 bits per heavy atom. The highest BCUT2D eigenvalue weighted by Crippen LogP contribution is 2.24. The number of alkyl carbamates (subject to hydrolysis) is 1. The van der Waals surface area contributed by atoms with Crippen LogP contribution in [0.25, 0.3) is 0 Å². The monoisotopic (exact) mass is 535 g/mol. The molecule has 0 aliphatic carbocycles. The van der Waals surface area contributed by atoms with E-state index >= 15 is 0 Å². The molecule has 0 aromatic heterocycles. The molecule has 0 heterocycles. The summed E-state index contributed by atoms with van der Waals surface area (Å²) in [5, 5.41) is 15.0. The van der Waals surface area contributed by atoms with Gasteiger partial charge in [-0.25, -0.2) is 4.79 Å². The Balaban J connectivity index is 3.38. The molecule has 1 aromatic carbocycles. The summed E-state index contributed by atoms with van der Waals surface area (Å²) in [4.78, 5) is 52.7. The van der Waals surface area contributed by atoms with Crippen LogP contribution in [0.1, 0.15) is 83.9 Å². The summed E-state index contributed by atoms with van der Waals surface area (Å²) in [5.74, 6) is -1.84. The van der Waals surface area contributed by atoms with Crippen molar-refractivity contribution >= 4 is 23.9 Å². The number of rotatable bonds is 15. The van der Waals surface area contributed by atoms with Crippen molar-refractivity contribution in [3.63, 3.8) is 0 Å². The van der Waals surface area contributed by atoms with Gasteiger partial charge in [-0.15, -0.1) is 0 Å². The van der Waals surface area contributed by atoms with Crippen LogP contribution in [0.15, 0.2) is 24.3 Å². The molecule has 0 saturated carbocycles. The summed E-state index contributed by atoms with van der Waals surface area (Å²) in [7, 11) is 1.22. The van der Waals surface area contributed by atoms with E-state index in [1.807, 2.05) is 19.1 Å². The molecule has 1 aromatic rings. The van der Waals surface area contributed by atoms with E-state index in [1.165, 1.54) is 12.0 Å². The second kappa shape index (κ2) is 16.7. The van der Waals surface area contributed by atoms with Gasteiger partial charge in [-0.1, -0.05) is 63.8 Å². The van der Waals surface area contributed by atoms with Crippen LogP contribution in [0.5, 0.6) is 0 Å². The molecule has 3 N–H and O–H groups in total. The third kappa shape index (κ3) is 11.5. The van der Waals surface area contributed by atoms with E-state index in [2.05, 4.69) is 22.3 Å². The van der Waals surface area contributed by atoms with E-state index in [4.69, 9.17) is 4.74 Å². The van der Waals surface area contributed by atoms with Gasteiger partial charge in [-0.3, -0.25) is 14.4 Å². The van der Waals surface area contributed by atoms with Crippen LogP contribution in [-0.2, 0) is 30.3 Å². The number of esters is 1. The van der Waals surface area contributed by atoms with Crippen LogP contribution in [0.4, 0.5) is 4.79 Å². The van der Waals surface area contributed by atoms with Crippen molar-refractivity contribution in [1.29, 1.82) is 0 Å². The normalized spacial score (nSPS) is 12.7. The third-order valence-corrected chi connectivity index (χ3v) is 5.86. The quantitative estimate of drug-likeness (QED) is 0.232. The number of amides is 3. The highest BCUT2D eigenvalue weighted by Gasteiger charge is 2.36. The van der Waals surface area contributed by atoms with Crippen molar-refractivity contribution in [2.45, 2.75) is 90.8 Å². The van der Waals surface area contributed by atoms with Gasteiger partial charge in [0.05, 0.1) is 13.7 Å². The first-order valence-electron chi connectivity index (χ1n) is 13.3. The number of unbranched alkanes of at least 4 members (excludes halogenated alkanes) is 4. The molecule has 2 atom stereocenters. The Morgan fingerprint density at radius 1 is 1.00 bits per heavy atom. The van der Waals surface area contributed by atoms with Gasteiger partial charge in [0.15, 0.2) is 0 Å². The zero-order chi connectivity index (χ0) is 28.7. The molecule has 0 saturated heterocycles. The highest BCUT2D eigenvalue weighted by atomic mass is 16.6. The predicted molar refractivity (Wildman–Crippen MR) is 144 cm³/mol. The first-order chi connectivity index (χ1) is 18.0. The average Bonchev–Trinajstić information content (AvgIpc) is 2.88. The second-order valence-electron chi connectivity index (χ2n) is 10.1. The van der Waals surface area contributed by atoms with Crippen LogP contribution in [0.2, 0.25) is 0 Å². The molecule has 0 radical (unpaired) electrons. The van der Waals surface area contributed by atoms with E-state index in [0.717, 1.165) is 37.7 Å². The second-order valence-corrected chi connectivity index (χ2v) is 10.1. The van der Waals surface area contributed by atoms with E-state index in [0.29, 0.717) is 12.0 Å². The van der Waals surface area contributed by atoms with Crippen molar-refractivity contribution in [3.05, 3.63) is 35.4 Å². The standard InChI is InChI=1S/C28H45N3O7/c1-7-9-10-11-12-17-31(26(35)22(19-32)30-27(36)38-28(3,4)5)24(25(34)29-18-23(33)37-6)21-15-13-20(8-2)14-16-21/h13-16,22,24,32H,7-12,17-19H2,1-6H3,(H,29,34)(H,30,36). The number of aryl methyl sites for hydroxylation is 1. The number of hydrogen-bond donors (Lipinski definition) is 3. The van der Waals surface area contributed by atoms with Gasteiger partial charge < -0.3 is 30.1 Å². The minimum atomic E-state index is -1.33. The van der Waals surface area contributed by atoms with Crippen molar-refractivity contribution in [2.75, 3.05) is 26.8 Å². The van der Waals surface area contributed by atoms with Crippen LogP contribution >= 0.6 is 0 Å². The lowest BCUT2D eigenvalue weighted by atomic mass is 10.00. The zero-order valence-electron chi connectivity index (χ0n) is 23.7. The summed E-state index contributed by atoms with van der Waals surface area (Å²) in [6.45, 7) is 8.33. The molecule has 0 fully saturated rings. The van der Waals surface area contributed by atoms with Gasteiger partial charge in [0.1, 0.15) is 24.2 Å². The van der Waals surface area contributed by atoms with Gasteiger partial charge in [0, 0.05) is 6.54 Å². The molecule has 1 rings (SSSR count). The maximum Gasteiger partial charge on any atom is 0.408 e. The number of methoxy groups -OCH3 is 1. The van der Waals surface area contributed by atoms with Crippen molar-refractivity contribution < 1.29 is 33.8 Å². The minimum absolute atomic E-state index is 0.209. The number of ether oxygens (including phenoxy) is 2. The van der Waals surface area contributed by atoms with Gasteiger partial charge >= 0.3 is 12.1 Å². The lowest BCUT2D eigenvalue weighted by Crippen LogP contribution is -2.54. The van der Waals surface area contributed by atoms with E-state index in [1.54, 1.807) is 32.9 Å². The number of carbonyl (C=O) groups is 4. The average molecular weight is 536 g/mol. The van der Waals surface area contributed by atoms with Crippen LogP contribution < -0.4 is 10.6 Å². The molecular formula is C28H45N3O7. The van der Waals surface area contributed by atoms with Crippen molar-refractivity contribution in [3.8, 4) is 0 Å². The maximum atomic E-state index is 13.8. The molecule has 0 spiro atoms. The van der Waals surface area contributed by atoms with Crippen LogP contribution in [-0.4, -0.2) is 72.3 Å². The maximum absolute atomic E-state index is 13.8. The molecule has 2 unspecified atom stereocenters. The number of aliphatic hydroxyl groups is 1. The van der Waals surface area contributed by atoms with Gasteiger partial charge in [0.25, 0.3) is 0 Å². The Bertz CT molecular complexity index is 897. The lowest BCUT2D eigenvalue weighted by Gasteiger charge is -2.34. The summed E-state index contributed by atoms with van der Waals surface area (Å²) in [5.41, 5.74) is 0.795. The van der Waals surface area contributed by atoms with Crippen molar-refractivity contribution in [2.24, 2.45) is 0 Å². The number of nitrogens with one attached hydrogen (secondary N) is 2. The topological polar surface area (TPSA) is 134 Å². The fourth-order valence-corrected chi connectivity index (χ4v) is 3.82.